The van der Waals surface area contributed by atoms with Crippen molar-refractivity contribution >= 4 is 17.5 Å². The number of nitrogens with zero attached hydrogens (tertiary/aromatic N) is 2. The van der Waals surface area contributed by atoms with E-state index in [1.807, 2.05) is 0 Å². The molecule has 30 heavy (non-hydrogen) atoms. The summed E-state index contributed by atoms with van der Waals surface area (Å²) < 4.78 is 71.8. The molecule has 158 valence electrons. The summed E-state index contributed by atoms with van der Waals surface area (Å²) in [5.74, 6) is -1.17. The number of primary amides is 1. The molecular formula is C19H13ClF5N3O2. The number of amides is 1. The van der Waals surface area contributed by atoms with Crippen LogP contribution in [0.15, 0.2) is 42.5 Å². The molecule has 1 heterocycles. The number of ether oxygens (including phenoxy) is 1. The molecular weight excluding hydrogens is 433 g/mol. The molecule has 0 aliphatic carbocycles. The van der Waals surface area contributed by atoms with Gasteiger partial charge in [0.15, 0.2) is 0 Å². The molecule has 0 unspecified atom stereocenters. The van der Waals surface area contributed by atoms with Crippen molar-refractivity contribution in [2.24, 2.45) is 12.8 Å². The Morgan fingerprint density at radius 1 is 1.17 bits per heavy atom. The SMILES string of the molecule is Cn1nc(C(F)F)c(C(N)=O)c1-c1ccccc1Oc1ccc(C(F)(F)F)cc1Cl. The van der Waals surface area contributed by atoms with Crippen LogP contribution in [-0.4, -0.2) is 15.7 Å². The second kappa shape index (κ2) is 7.94. The van der Waals surface area contributed by atoms with Crippen molar-refractivity contribution < 1.29 is 31.5 Å². The second-order valence-corrected chi connectivity index (χ2v) is 6.55. The number of rotatable bonds is 5. The fourth-order valence-corrected chi connectivity index (χ4v) is 3.10. The Hall–Kier alpha value is -3.14. The van der Waals surface area contributed by atoms with Crippen molar-refractivity contribution in [3.05, 3.63) is 64.3 Å². The number of hydrogen-bond donors (Lipinski definition) is 1. The standard InChI is InChI=1S/C19H13ClF5N3O2/c1-28-16(14(18(26)29)15(27-28)17(21)22)10-4-2-3-5-12(10)30-13-7-6-9(8-11(13)20)19(23,24)25/h2-8,17H,1H3,(H2,26,29). The molecule has 2 N–H and O–H groups in total. The van der Waals surface area contributed by atoms with E-state index < -0.39 is 35.3 Å². The van der Waals surface area contributed by atoms with Crippen LogP contribution in [0.5, 0.6) is 11.5 Å². The molecule has 0 aliphatic heterocycles. The summed E-state index contributed by atoms with van der Waals surface area (Å²) in [7, 11) is 1.34. The summed E-state index contributed by atoms with van der Waals surface area (Å²) in [6.45, 7) is 0. The number of alkyl halides is 5. The highest BCUT2D eigenvalue weighted by Gasteiger charge is 2.32. The van der Waals surface area contributed by atoms with Crippen molar-refractivity contribution in [1.29, 1.82) is 0 Å². The first kappa shape index (κ1) is 21.6. The first-order valence-electron chi connectivity index (χ1n) is 8.29. The molecule has 0 radical (unpaired) electrons. The zero-order chi connectivity index (χ0) is 22.2. The molecule has 0 saturated carbocycles. The van der Waals surface area contributed by atoms with Gasteiger partial charge in [-0.25, -0.2) is 8.78 Å². The largest absolute Gasteiger partial charge is 0.455 e. The molecule has 2 aromatic carbocycles. The molecule has 0 spiro atoms. The number of nitrogens with two attached hydrogens (primary N) is 1. The third kappa shape index (κ3) is 4.09. The molecule has 11 heteroatoms. The number of aromatic nitrogens is 2. The maximum Gasteiger partial charge on any atom is 0.416 e. The van der Waals surface area contributed by atoms with E-state index in [0.717, 1.165) is 16.8 Å². The van der Waals surface area contributed by atoms with Crippen LogP contribution in [0.2, 0.25) is 5.02 Å². The summed E-state index contributed by atoms with van der Waals surface area (Å²) >= 11 is 5.93. The van der Waals surface area contributed by atoms with Gasteiger partial charge in [-0.2, -0.15) is 18.3 Å². The van der Waals surface area contributed by atoms with E-state index >= 15 is 0 Å². The van der Waals surface area contributed by atoms with Crippen LogP contribution in [0.3, 0.4) is 0 Å². The number of hydrogen-bond acceptors (Lipinski definition) is 3. The van der Waals surface area contributed by atoms with E-state index in [9.17, 15) is 26.7 Å². The fourth-order valence-electron chi connectivity index (χ4n) is 2.88. The van der Waals surface area contributed by atoms with Crippen LogP contribution in [0.1, 0.15) is 28.0 Å². The maximum atomic E-state index is 13.3. The van der Waals surface area contributed by atoms with E-state index in [1.54, 1.807) is 12.1 Å². The molecule has 5 nitrogen and oxygen atoms in total. The highest BCUT2D eigenvalue weighted by Crippen LogP contribution is 2.40. The zero-order valence-corrected chi connectivity index (χ0v) is 15.9. The summed E-state index contributed by atoms with van der Waals surface area (Å²) in [4.78, 5) is 11.9. The van der Waals surface area contributed by atoms with E-state index in [2.05, 4.69) is 5.10 Å². The van der Waals surface area contributed by atoms with Crippen molar-refractivity contribution in [3.63, 3.8) is 0 Å². The summed E-state index contributed by atoms with van der Waals surface area (Å²) in [5.41, 5.74) is 3.20. The molecule has 0 atom stereocenters. The van der Waals surface area contributed by atoms with Gasteiger partial charge in [-0.05, 0) is 30.3 Å². The third-order valence-electron chi connectivity index (χ3n) is 4.15. The van der Waals surface area contributed by atoms with Crippen LogP contribution in [0.25, 0.3) is 11.3 Å². The van der Waals surface area contributed by atoms with Gasteiger partial charge in [0.25, 0.3) is 12.3 Å². The van der Waals surface area contributed by atoms with Crippen LogP contribution >= 0.6 is 11.6 Å². The number of carbonyl (C=O) groups excluding carboxylic acids is 1. The van der Waals surface area contributed by atoms with Gasteiger partial charge in [0.1, 0.15) is 17.2 Å². The lowest BCUT2D eigenvalue weighted by molar-refractivity contribution is -0.137. The van der Waals surface area contributed by atoms with Crippen LogP contribution in [0, 0.1) is 0 Å². The van der Waals surface area contributed by atoms with Gasteiger partial charge in [-0.3, -0.25) is 9.48 Å². The van der Waals surface area contributed by atoms with Crippen LogP contribution in [-0.2, 0) is 13.2 Å². The Morgan fingerprint density at radius 3 is 2.40 bits per heavy atom. The number of halogens is 6. The van der Waals surface area contributed by atoms with Gasteiger partial charge in [-0.15, -0.1) is 0 Å². The molecule has 3 aromatic rings. The summed E-state index contributed by atoms with van der Waals surface area (Å²) in [6, 6.07) is 8.52. The highest BCUT2D eigenvalue weighted by atomic mass is 35.5. The summed E-state index contributed by atoms with van der Waals surface area (Å²) in [5, 5.41) is 3.36. The minimum Gasteiger partial charge on any atom is -0.455 e. The smallest absolute Gasteiger partial charge is 0.416 e. The first-order valence-corrected chi connectivity index (χ1v) is 8.67. The molecule has 0 fully saturated rings. The number of carbonyl (C=O) groups is 1. The maximum absolute atomic E-state index is 13.3. The quantitative estimate of drug-likeness (QED) is 0.520. The first-order chi connectivity index (χ1) is 14.0. The molecule has 1 amide bonds. The predicted octanol–water partition coefficient (Wildman–Crippen LogP) is 5.59. The van der Waals surface area contributed by atoms with Gasteiger partial charge in [-0.1, -0.05) is 23.7 Å². The van der Waals surface area contributed by atoms with Crippen molar-refractivity contribution in [3.8, 4) is 22.8 Å². The fraction of sp³-hybridized carbons (Fsp3) is 0.158. The molecule has 0 aliphatic rings. The highest BCUT2D eigenvalue weighted by molar-refractivity contribution is 6.32. The van der Waals surface area contributed by atoms with E-state index in [1.165, 1.54) is 19.2 Å². The lowest BCUT2D eigenvalue weighted by Gasteiger charge is -2.14. The second-order valence-electron chi connectivity index (χ2n) is 6.14. The predicted molar refractivity (Wildman–Crippen MR) is 98.6 cm³/mol. The van der Waals surface area contributed by atoms with Crippen LogP contribution < -0.4 is 10.5 Å². The van der Waals surface area contributed by atoms with Crippen molar-refractivity contribution in [1.82, 2.24) is 9.78 Å². The normalized spacial score (nSPS) is 11.7. The Labute approximate surface area is 171 Å². The number of benzene rings is 2. The monoisotopic (exact) mass is 445 g/mol. The van der Waals surface area contributed by atoms with Crippen molar-refractivity contribution in [2.45, 2.75) is 12.6 Å². The van der Waals surface area contributed by atoms with Gasteiger partial charge in [0, 0.05) is 12.6 Å². The van der Waals surface area contributed by atoms with Gasteiger partial charge in [0.2, 0.25) is 0 Å². The Bertz CT molecular complexity index is 1110. The average molecular weight is 446 g/mol. The number of para-hydroxylation sites is 1. The van der Waals surface area contributed by atoms with Gasteiger partial charge in [0.05, 0.1) is 21.8 Å². The van der Waals surface area contributed by atoms with E-state index in [0.29, 0.717) is 6.07 Å². The summed E-state index contributed by atoms with van der Waals surface area (Å²) in [6.07, 6.45) is -7.64. The van der Waals surface area contributed by atoms with Crippen LogP contribution in [0.4, 0.5) is 22.0 Å². The Morgan fingerprint density at radius 2 is 1.83 bits per heavy atom. The number of aryl methyl sites for hydroxylation is 1. The molecule has 0 bridgehead atoms. The molecule has 3 rings (SSSR count). The Kier molecular flexibility index (Phi) is 5.71. The van der Waals surface area contributed by atoms with E-state index in [4.69, 9.17) is 22.1 Å². The van der Waals surface area contributed by atoms with E-state index in [-0.39, 0.29) is 27.8 Å². The lowest BCUT2D eigenvalue weighted by atomic mass is 10.0. The van der Waals surface area contributed by atoms with Crippen molar-refractivity contribution in [2.75, 3.05) is 0 Å². The minimum absolute atomic E-state index is 0.0311. The third-order valence-corrected chi connectivity index (χ3v) is 4.44. The molecule has 0 saturated heterocycles. The topological polar surface area (TPSA) is 70.1 Å². The minimum atomic E-state index is -4.59. The molecule has 1 aromatic heterocycles. The van der Waals surface area contributed by atoms with Gasteiger partial charge >= 0.3 is 6.18 Å². The van der Waals surface area contributed by atoms with Gasteiger partial charge < -0.3 is 10.5 Å². The lowest BCUT2D eigenvalue weighted by Crippen LogP contribution is -2.14. The average Bonchev–Trinajstić information content (AvgIpc) is 3.00. The zero-order valence-electron chi connectivity index (χ0n) is 15.2. The Balaban J connectivity index is 2.11.